The maximum absolute atomic E-state index is 12.1. The van der Waals surface area contributed by atoms with E-state index in [4.69, 9.17) is 11.6 Å². The Morgan fingerprint density at radius 3 is 2.81 bits per heavy atom. The van der Waals surface area contributed by atoms with E-state index >= 15 is 0 Å². The molecule has 1 atom stereocenters. The molecule has 21 heavy (non-hydrogen) atoms. The normalized spacial score (nSPS) is 20.7. The van der Waals surface area contributed by atoms with E-state index in [1.54, 1.807) is 24.1 Å². The fourth-order valence-electron chi connectivity index (χ4n) is 2.40. The number of hydrogen-bond acceptors (Lipinski definition) is 4. The fourth-order valence-corrected chi connectivity index (χ4v) is 4.37. The molecular weight excluding hydrogens is 312 g/mol. The first kappa shape index (κ1) is 16.3. The van der Waals surface area contributed by atoms with E-state index in [0.717, 1.165) is 5.56 Å². The molecule has 2 rings (SSSR count). The summed E-state index contributed by atoms with van der Waals surface area (Å²) in [6.07, 6.45) is 0.586. The van der Waals surface area contributed by atoms with Crippen molar-refractivity contribution in [2.24, 2.45) is 0 Å². The molecule has 1 fully saturated rings. The predicted molar refractivity (Wildman–Crippen MR) is 84.5 cm³/mol. The molecule has 0 bridgehead atoms. The van der Waals surface area contributed by atoms with Crippen molar-refractivity contribution in [3.8, 4) is 0 Å². The van der Waals surface area contributed by atoms with Crippen LogP contribution in [0.2, 0.25) is 5.02 Å². The van der Waals surface area contributed by atoms with E-state index in [-0.39, 0.29) is 30.0 Å². The minimum absolute atomic E-state index is 0.0822. The standard InChI is InChI=1S/C14H19ClN2O3S/c1-10-3-4-11(15)7-13(10)16-14(18)8-17(2)12-5-6-21(19,20)9-12/h3-4,7,12H,5-6,8-9H2,1-2H3,(H,16,18). The molecular formula is C14H19ClN2O3S. The number of benzene rings is 1. The average molecular weight is 331 g/mol. The Morgan fingerprint density at radius 1 is 1.48 bits per heavy atom. The molecule has 1 aromatic carbocycles. The Kier molecular flexibility index (Phi) is 4.91. The molecule has 0 spiro atoms. The summed E-state index contributed by atoms with van der Waals surface area (Å²) < 4.78 is 22.9. The quantitative estimate of drug-likeness (QED) is 0.912. The average Bonchev–Trinajstić information content (AvgIpc) is 2.74. The van der Waals surface area contributed by atoms with Crippen LogP contribution in [0.3, 0.4) is 0 Å². The number of halogens is 1. The third-order valence-corrected chi connectivity index (χ3v) is 5.68. The summed E-state index contributed by atoms with van der Waals surface area (Å²) in [7, 11) is -1.16. The topological polar surface area (TPSA) is 66.5 Å². The number of aryl methyl sites for hydroxylation is 1. The van der Waals surface area contributed by atoms with Gasteiger partial charge in [-0.1, -0.05) is 17.7 Å². The molecule has 1 aliphatic heterocycles. The molecule has 1 N–H and O–H groups in total. The van der Waals surface area contributed by atoms with Crippen molar-refractivity contribution in [3.05, 3.63) is 28.8 Å². The summed E-state index contributed by atoms with van der Waals surface area (Å²) in [5.74, 6) is 0.163. The Labute approximate surface area is 130 Å². The molecule has 116 valence electrons. The smallest absolute Gasteiger partial charge is 0.238 e. The predicted octanol–water partition coefficient (Wildman–Crippen LogP) is 1.71. The van der Waals surface area contributed by atoms with Gasteiger partial charge in [0.25, 0.3) is 0 Å². The van der Waals surface area contributed by atoms with E-state index < -0.39 is 9.84 Å². The highest BCUT2D eigenvalue weighted by molar-refractivity contribution is 7.91. The minimum atomic E-state index is -2.94. The number of carbonyl (C=O) groups excluding carboxylic acids is 1. The number of anilines is 1. The van der Waals surface area contributed by atoms with Crippen LogP contribution in [0.25, 0.3) is 0 Å². The number of rotatable bonds is 4. The molecule has 0 saturated carbocycles. The number of nitrogens with zero attached hydrogens (tertiary/aromatic N) is 1. The van der Waals surface area contributed by atoms with Crippen molar-refractivity contribution in [3.63, 3.8) is 0 Å². The van der Waals surface area contributed by atoms with Gasteiger partial charge in [0.05, 0.1) is 18.1 Å². The second kappa shape index (κ2) is 6.34. The van der Waals surface area contributed by atoms with Crippen LogP contribution in [0.4, 0.5) is 5.69 Å². The fraction of sp³-hybridized carbons (Fsp3) is 0.500. The van der Waals surface area contributed by atoms with Crippen LogP contribution in [-0.4, -0.2) is 50.4 Å². The van der Waals surface area contributed by atoms with Crippen molar-refractivity contribution in [2.45, 2.75) is 19.4 Å². The molecule has 1 heterocycles. The number of hydrogen-bond donors (Lipinski definition) is 1. The molecule has 1 amide bonds. The zero-order chi connectivity index (χ0) is 15.6. The van der Waals surface area contributed by atoms with Crippen LogP contribution in [0.15, 0.2) is 18.2 Å². The van der Waals surface area contributed by atoms with Gasteiger partial charge in [0, 0.05) is 16.8 Å². The SMILES string of the molecule is Cc1ccc(Cl)cc1NC(=O)CN(C)C1CCS(=O)(=O)C1. The van der Waals surface area contributed by atoms with Gasteiger partial charge in [-0.3, -0.25) is 9.69 Å². The van der Waals surface area contributed by atoms with E-state index in [2.05, 4.69) is 5.32 Å². The molecule has 0 aromatic heterocycles. The van der Waals surface area contributed by atoms with Crippen LogP contribution in [-0.2, 0) is 14.6 Å². The molecule has 1 aliphatic rings. The lowest BCUT2D eigenvalue weighted by atomic mass is 10.2. The summed E-state index contributed by atoms with van der Waals surface area (Å²) in [6, 6.07) is 5.23. The van der Waals surface area contributed by atoms with E-state index in [9.17, 15) is 13.2 Å². The van der Waals surface area contributed by atoms with E-state index in [1.807, 2.05) is 13.0 Å². The van der Waals surface area contributed by atoms with Gasteiger partial charge in [-0.05, 0) is 38.1 Å². The van der Waals surface area contributed by atoms with Crippen molar-refractivity contribution in [1.29, 1.82) is 0 Å². The highest BCUT2D eigenvalue weighted by Crippen LogP contribution is 2.20. The van der Waals surface area contributed by atoms with Gasteiger partial charge in [0.2, 0.25) is 5.91 Å². The number of amides is 1. The summed E-state index contributed by atoms with van der Waals surface area (Å²) in [5.41, 5.74) is 1.61. The highest BCUT2D eigenvalue weighted by atomic mass is 35.5. The Hall–Kier alpha value is -1.11. The van der Waals surface area contributed by atoms with Crippen LogP contribution in [0, 0.1) is 6.92 Å². The van der Waals surface area contributed by atoms with Gasteiger partial charge >= 0.3 is 0 Å². The molecule has 0 aliphatic carbocycles. The lowest BCUT2D eigenvalue weighted by Gasteiger charge is -2.22. The van der Waals surface area contributed by atoms with Gasteiger partial charge in [-0.25, -0.2) is 8.42 Å². The first-order chi connectivity index (χ1) is 9.77. The van der Waals surface area contributed by atoms with Crippen LogP contribution >= 0.6 is 11.6 Å². The van der Waals surface area contributed by atoms with Crippen LogP contribution in [0.1, 0.15) is 12.0 Å². The summed E-state index contributed by atoms with van der Waals surface area (Å²) >= 11 is 5.91. The molecule has 1 unspecified atom stereocenters. The first-order valence-corrected chi connectivity index (χ1v) is 8.93. The highest BCUT2D eigenvalue weighted by Gasteiger charge is 2.31. The number of carbonyl (C=O) groups is 1. The lowest BCUT2D eigenvalue weighted by Crippen LogP contribution is -2.38. The molecule has 5 nitrogen and oxygen atoms in total. The Balaban J connectivity index is 1.94. The van der Waals surface area contributed by atoms with Gasteiger partial charge in [-0.15, -0.1) is 0 Å². The van der Waals surface area contributed by atoms with Crippen molar-refractivity contribution < 1.29 is 13.2 Å². The Bertz CT molecular complexity index is 646. The lowest BCUT2D eigenvalue weighted by molar-refractivity contribution is -0.117. The van der Waals surface area contributed by atoms with Crippen molar-refractivity contribution in [1.82, 2.24) is 4.90 Å². The van der Waals surface area contributed by atoms with Crippen LogP contribution in [0.5, 0.6) is 0 Å². The zero-order valence-corrected chi connectivity index (χ0v) is 13.7. The van der Waals surface area contributed by atoms with Gasteiger partial charge in [0.1, 0.15) is 0 Å². The monoisotopic (exact) mass is 330 g/mol. The number of sulfone groups is 1. The third kappa shape index (κ3) is 4.43. The molecule has 1 aromatic rings. The third-order valence-electron chi connectivity index (χ3n) is 3.70. The minimum Gasteiger partial charge on any atom is -0.325 e. The zero-order valence-electron chi connectivity index (χ0n) is 12.1. The maximum atomic E-state index is 12.1. The van der Waals surface area contributed by atoms with Gasteiger partial charge in [-0.2, -0.15) is 0 Å². The molecule has 7 heteroatoms. The van der Waals surface area contributed by atoms with Crippen molar-refractivity contribution >= 4 is 33.0 Å². The largest absolute Gasteiger partial charge is 0.325 e. The second-order valence-electron chi connectivity index (χ2n) is 5.48. The van der Waals surface area contributed by atoms with Gasteiger partial charge < -0.3 is 5.32 Å². The molecule has 1 saturated heterocycles. The summed E-state index contributed by atoms with van der Waals surface area (Å²) in [4.78, 5) is 13.9. The second-order valence-corrected chi connectivity index (χ2v) is 8.14. The summed E-state index contributed by atoms with van der Waals surface area (Å²) in [6.45, 7) is 2.05. The van der Waals surface area contributed by atoms with E-state index in [0.29, 0.717) is 17.1 Å². The maximum Gasteiger partial charge on any atom is 0.238 e. The van der Waals surface area contributed by atoms with Crippen molar-refractivity contribution in [2.75, 3.05) is 30.4 Å². The molecule has 0 radical (unpaired) electrons. The number of nitrogens with one attached hydrogen (secondary N) is 1. The van der Waals surface area contributed by atoms with Gasteiger partial charge in [0.15, 0.2) is 9.84 Å². The van der Waals surface area contributed by atoms with Crippen LogP contribution < -0.4 is 5.32 Å². The van der Waals surface area contributed by atoms with E-state index in [1.165, 1.54) is 0 Å². The Morgan fingerprint density at radius 2 is 2.19 bits per heavy atom. The summed E-state index contributed by atoms with van der Waals surface area (Å²) in [5, 5.41) is 3.37. The first-order valence-electron chi connectivity index (χ1n) is 6.73. The number of likely N-dealkylation sites (N-methyl/N-ethyl adjacent to an activating group) is 1.